The van der Waals surface area contributed by atoms with Gasteiger partial charge >= 0.3 is 0 Å². The van der Waals surface area contributed by atoms with E-state index in [1.54, 1.807) is 14.0 Å². The molecule has 1 saturated heterocycles. The van der Waals surface area contributed by atoms with Crippen LogP contribution in [0.2, 0.25) is 0 Å². The lowest BCUT2D eigenvalue weighted by Gasteiger charge is -2.37. The van der Waals surface area contributed by atoms with E-state index in [0.29, 0.717) is 5.75 Å². The van der Waals surface area contributed by atoms with Crippen LogP contribution in [0.15, 0.2) is 91.3 Å². The lowest BCUT2D eigenvalue weighted by atomic mass is 9.77. The number of hydrogen-bond donors (Lipinski definition) is 2. The first-order chi connectivity index (χ1) is 22.2. The summed E-state index contributed by atoms with van der Waals surface area (Å²) in [6, 6.07) is 27.2. The Hall–Kier alpha value is -5.05. The zero-order valence-corrected chi connectivity index (χ0v) is 25.5. The molecule has 0 radical (unpaired) electrons. The van der Waals surface area contributed by atoms with Gasteiger partial charge in [0.2, 0.25) is 23.4 Å². The predicted octanol–water partition coefficient (Wildman–Crippen LogP) is 5.80. The molecule has 1 fully saturated rings. The first kappa shape index (κ1) is 31.0. The fraction of sp³-hybridized carbons (Fsp3) is 0.286. The lowest BCUT2D eigenvalue weighted by Crippen LogP contribution is -2.40. The minimum absolute atomic E-state index is 0.0855. The van der Waals surface area contributed by atoms with Crippen LogP contribution in [0.1, 0.15) is 36.8 Å². The van der Waals surface area contributed by atoms with Crippen LogP contribution in [0.4, 0.5) is 14.7 Å². The standard InChI is InChI=1S/C35H33F2N5O4/c1-5-33(36)23(3)34(37,21-43)46-31(33)42-22-38-28-29(42)39-32(40-30(28)45-6-2)41-35(24-13-9-7-10-14-24,25-15-11-8-12-16-25)26-17-19-27(44-4)20-18-26/h1,7-20,22-23,31,43H,6,21H2,2-4H3,(H,39,40,41)/t23-,31+,33+,34+/m0/s1. The highest BCUT2D eigenvalue weighted by Crippen LogP contribution is 2.52. The van der Waals surface area contributed by atoms with Gasteiger partial charge in [0.25, 0.3) is 0 Å². The Morgan fingerprint density at radius 2 is 1.61 bits per heavy atom. The molecule has 0 unspecified atom stereocenters. The molecule has 0 saturated carbocycles. The normalized spacial score (nSPS) is 22.8. The topological polar surface area (TPSA) is 104 Å². The number of nitrogens with zero attached hydrogens (tertiary/aromatic N) is 4. The summed E-state index contributed by atoms with van der Waals surface area (Å²) >= 11 is 0. The average molecular weight is 626 g/mol. The number of anilines is 1. The Kier molecular flexibility index (Phi) is 8.10. The number of methoxy groups -OCH3 is 1. The van der Waals surface area contributed by atoms with Crippen molar-refractivity contribution in [3.8, 4) is 24.0 Å². The van der Waals surface area contributed by atoms with Crippen molar-refractivity contribution in [3.63, 3.8) is 0 Å². The molecule has 4 atom stereocenters. The maximum Gasteiger partial charge on any atom is 0.247 e. The maximum atomic E-state index is 16.4. The van der Waals surface area contributed by atoms with Crippen molar-refractivity contribution in [2.75, 3.05) is 25.6 Å². The van der Waals surface area contributed by atoms with E-state index in [1.165, 1.54) is 17.8 Å². The van der Waals surface area contributed by atoms with Gasteiger partial charge in [-0.1, -0.05) is 85.6 Å². The molecule has 6 rings (SSSR count). The molecule has 0 bridgehead atoms. The molecule has 1 aliphatic heterocycles. The summed E-state index contributed by atoms with van der Waals surface area (Å²) in [5.41, 5.74) is -0.835. The molecule has 5 aromatic rings. The molecule has 46 heavy (non-hydrogen) atoms. The van der Waals surface area contributed by atoms with Crippen LogP contribution in [0.25, 0.3) is 11.2 Å². The monoisotopic (exact) mass is 625 g/mol. The summed E-state index contributed by atoms with van der Waals surface area (Å²) in [5.74, 6) is -1.28. The number of rotatable bonds is 10. The number of benzene rings is 3. The first-order valence-corrected chi connectivity index (χ1v) is 14.8. The summed E-state index contributed by atoms with van der Waals surface area (Å²) < 4.78 is 50.0. The van der Waals surface area contributed by atoms with Crippen LogP contribution in [0.3, 0.4) is 0 Å². The van der Waals surface area contributed by atoms with Crippen molar-refractivity contribution >= 4 is 17.1 Å². The van der Waals surface area contributed by atoms with Crippen LogP contribution in [0.5, 0.6) is 11.6 Å². The van der Waals surface area contributed by atoms with Crippen LogP contribution in [-0.2, 0) is 10.3 Å². The number of fused-ring (bicyclic) bond motifs is 1. The van der Waals surface area contributed by atoms with Gasteiger partial charge in [0.15, 0.2) is 17.4 Å². The Balaban J connectivity index is 1.59. The lowest BCUT2D eigenvalue weighted by molar-refractivity contribution is -0.191. The third kappa shape index (κ3) is 4.90. The average Bonchev–Trinajstić information content (AvgIpc) is 3.61. The zero-order valence-electron chi connectivity index (χ0n) is 25.5. The van der Waals surface area contributed by atoms with Crippen molar-refractivity contribution < 1.29 is 28.1 Å². The van der Waals surface area contributed by atoms with Gasteiger partial charge in [-0.05, 0) is 35.7 Å². The van der Waals surface area contributed by atoms with Crippen molar-refractivity contribution in [1.82, 2.24) is 19.5 Å². The van der Waals surface area contributed by atoms with E-state index in [2.05, 4.69) is 16.2 Å². The number of aliphatic hydroxyl groups is 1. The van der Waals surface area contributed by atoms with E-state index < -0.39 is 35.8 Å². The van der Waals surface area contributed by atoms with Crippen LogP contribution >= 0.6 is 0 Å². The number of imidazole rings is 1. The molecular weight excluding hydrogens is 592 g/mol. The largest absolute Gasteiger partial charge is 0.497 e. The number of alkyl halides is 2. The Morgan fingerprint density at radius 3 is 2.15 bits per heavy atom. The molecule has 3 heterocycles. The number of aliphatic hydroxyl groups excluding tert-OH is 1. The second kappa shape index (κ2) is 12.0. The van der Waals surface area contributed by atoms with Gasteiger partial charge in [0, 0.05) is 0 Å². The molecule has 2 aromatic heterocycles. The fourth-order valence-corrected chi connectivity index (χ4v) is 5.99. The number of terminal acetylenes is 1. The minimum Gasteiger partial charge on any atom is -0.497 e. The third-order valence-corrected chi connectivity index (χ3v) is 8.54. The quantitative estimate of drug-likeness (QED) is 0.148. The van der Waals surface area contributed by atoms with Crippen LogP contribution in [0, 0.1) is 18.3 Å². The summed E-state index contributed by atoms with van der Waals surface area (Å²) in [4.78, 5) is 13.9. The molecule has 3 aromatic carbocycles. The Morgan fingerprint density at radius 1 is 1.00 bits per heavy atom. The van der Waals surface area contributed by atoms with E-state index in [1.807, 2.05) is 84.9 Å². The molecular formula is C35H33F2N5O4. The van der Waals surface area contributed by atoms with Gasteiger partial charge < -0.3 is 24.6 Å². The van der Waals surface area contributed by atoms with Gasteiger partial charge in [0.1, 0.15) is 17.9 Å². The number of aromatic nitrogens is 4. The van der Waals surface area contributed by atoms with Crippen molar-refractivity contribution in [1.29, 1.82) is 0 Å². The molecule has 236 valence electrons. The van der Waals surface area contributed by atoms with E-state index in [9.17, 15) is 5.11 Å². The number of nitrogens with one attached hydrogen (secondary N) is 1. The molecule has 2 N–H and O–H groups in total. The van der Waals surface area contributed by atoms with Crippen LogP contribution in [-0.4, -0.2) is 56.5 Å². The SMILES string of the molecule is C#C[C@]1(F)[C@H](n2cnc3c(OCC)nc(NC(c4ccccc4)(c4ccccc4)c4ccc(OC)cc4)nc32)O[C@](F)(CO)[C@H]1C. The summed E-state index contributed by atoms with van der Waals surface area (Å²) in [6.45, 7) is 2.20. The van der Waals surface area contributed by atoms with E-state index in [0.717, 1.165) is 16.7 Å². The molecule has 9 nitrogen and oxygen atoms in total. The third-order valence-electron chi connectivity index (χ3n) is 8.54. The Labute approximate surface area is 265 Å². The van der Waals surface area contributed by atoms with Crippen LogP contribution < -0.4 is 14.8 Å². The van der Waals surface area contributed by atoms with E-state index in [-0.39, 0.29) is 29.6 Å². The zero-order chi connectivity index (χ0) is 32.5. The van der Waals surface area contributed by atoms with Gasteiger partial charge in [-0.2, -0.15) is 9.97 Å². The number of halogens is 2. The minimum atomic E-state index is -2.73. The van der Waals surface area contributed by atoms with Crippen molar-refractivity contribution in [2.24, 2.45) is 5.92 Å². The molecule has 0 aliphatic carbocycles. The molecule has 0 amide bonds. The molecule has 11 heteroatoms. The van der Waals surface area contributed by atoms with E-state index >= 15 is 8.78 Å². The molecule has 1 aliphatic rings. The summed E-state index contributed by atoms with van der Waals surface area (Å²) in [5, 5.41) is 13.3. The second-order valence-electron chi connectivity index (χ2n) is 11.0. The van der Waals surface area contributed by atoms with Gasteiger partial charge in [0.05, 0.1) is 26.0 Å². The maximum absolute atomic E-state index is 16.4. The number of ether oxygens (including phenoxy) is 3. The highest BCUT2D eigenvalue weighted by molar-refractivity contribution is 5.78. The highest BCUT2D eigenvalue weighted by atomic mass is 19.2. The highest BCUT2D eigenvalue weighted by Gasteiger charge is 2.64. The fourth-order valence-electron chi connectivity index (χ4n) is 5.99. The van der Waals surface area contributed by atoms with Crippen molar-refractivity contribution in [3.05, 3.63) is 108 Å². The summed E-state index contributed by atoms with van der Waals surface area (Å²) in [7, 11) is 1.60. The molecule has 0 spiro atoms. The first-order valence-electron chi connectivity index (χ1n) is 14.8. The second-order valence-corrected chi connectivity index (χ2v) is 11.0. The van der Waals surface area contributed by atoms with E-state index in [4.69, 9.17) is 30.6 Å². The van der Waals surface area contributed by atoms with Gasteiger partial charge in [-0.15, -0.1) is 6.42 Å². The predicted molar refractivity (Wildman–Crippen MR) is 169 cm³/mol. The van der Waals surface area contributed by atoms with Gasteiger partial charge in [-0.25, -0.2) is 13.8 Å². The Bertz CT molecular complexity index is 1830. The van der Waals surface area contributed by atoms with Crippen molar-refractivity contribution in [2.45, 2.75) is 37.1 Å². The smallest absolute Gasteiger partial charge is 0.247 e. The van der Waals surface area contributed by atoms with Gasteiger partial charge in [-0.3, -0.25) is 4.57 Å². The number of hydrogen-bond acceptors (Lipinski definition) is 8. The summed E-state index contributed by atoms with van der Waals surface area (Å²) in [6.07, 6.45) is 5.17.